The highest BCUT2D eigenvalue weighted by Gasteiger charge is 2.31. The SMILES string of the molecule is COC(=O)/C=C(\O)C(F)(F)Cl. The summed E-state index contributed by atoms with van der Waals surface area (Å²) in [4.78, 5) is 10.2. The lowest BCUT2D eigenvalue weighted by atomic mass is 10.4. The van der Waals surface area contributed by atoms with E-state index in [0.717, 1.165) is 7.11 Å². The topological polar surface area (TPSA) is 46.5 Å². The average molecular weight is 187 g/mol. The number of carbonyl (C=O) groups excluding carboxylic acids is 1. The molecule has 0 saturated heterocycles. The molecular weight excluding hydrogens is 182 g/mol. The number of alkyl halides is 3. The van der Waals surface area contributed by atoms with Crippen LogP contribution in [0.4, 0.5) is 8.78 Å². The summed E-state index contributed by atoms with van der Waals surface area (Å²) < 4.78 is 27.7. The third-order valence-electron chi connectivity index (χ3n) is 0.746. The molecule has 0 heterocycles. The maximum atomic E-state index is 11.9. The average Bonchev–Trinajstić information content (AvgIpc) is 1.85. The molecule has 64 valence electrons. The normalized spacial score (nSPS) is 12.9. The van der Waals surface area contributed by atoms with Crippen molar-refractivity contribution >= 4 is 17.6 Å². The van der Waals surface area contributed by atoms with Gasteiger partial charge in [-0.3, -0.25) is 0 Å². The van der Waals surface area contributed by atoms with E-state index >= 15 is 0 Å². The Morgan fingerprint density at radius 2 is 2.18 bits per heavy atom. The number of ether oxygens (including phenoxy) is 1. The van der Waals surface area contributed by atoms with E-state index in [2.05, 4.69) is 16.3 Å². The van der Waals surface area contributed by atoms with Crippen LogP contribution in [0, 0.1) is 0 Å². The summed E-state index contributed by atoms with van der Waals surface area (Å²) in [6, 6.07) is 0. The van der Waals surface area contributed by atoms with Gasteiger partial charge in [-0.15, -0.1) is 0 Å². The van der Waals surface area contributed by atoms with Crippen LogP contribution in [0.1, 0.15) is 0 Å². The molecule has 0 rings (SSSR count). The van der Waals surface area contributed by atoms with Gasteiger partial charge in [-0.05, 0) is 11.6 Å². The molecule has 3 nitrogen and oxygen atoms in total. The fourth-order valence-electron chi connectivity index (χ4n) is 0.252. The zero-order chi connectivity index (χ0) is 9.07. The fraction of sp³-hybridized carbons (Fsp3) is 0.400. The van der Waals surface area contributed by atoms with Crippen LogP contribution in [0.3, 0.4) is 0 Å². The molecule has 0 radical (unpaired) electrons. The van der Waals surface area contributed by atoms with Crippen LogP contribution in [0.25, 0.3) is 0 Å². The molecule has 1 N–H and O–H groups in total. The molecular formula is C5H5ClF2O3. The molecule has 0 aliphatic heterocycles. The third kappa shape index (κ3) is 3.77. The largest absolute Gasteiger partial charge is 0.505 e. The highest BCUT2D eigenvalue weighted by molar-refractivity contribution is 6.23. The van der Waals surface area contributed by atoms with Crippen LogP contribution in [-0.2, 0) is 9.53 Å². The van der Waals surface area contributed by atoms with Crippen molar-refractivity contribution < 1.29 is 23.4 Å². The summed E-state index contributed by atoms with van der Waals surface area (Å²) in [6.07, 6.45) is 0.201. The minimum atomic E-state index is -3.92. The number of hydrogen-bond donors (Lipinski definition) is 1. The summed E-state index contributed by atoms with van der Waals surface area (Å²) in [7, 11) is 0.985. The van der Waals surface area contributed by atoms with Gasteiger partial charge in [0.2, 0.25) is 0 Å². The molecule has 6 heteroatoms. The number of allylic oxidation sites excluding steroid dienone is 1. The van der Waals surface area contributed by atoms with Gasteiger partial charge in [0, 0.05) is 0 Å². The molecule has 0 aliphatic rings. The summed E-state index contributed by atoms with van der Waals surface area (Å²) in [6.45, 7) is 0. The van der Waals surface area contributed by atoms with Crippen molar-refractivity contribution in [3.63, 3.8) is 0 Å². The van der Waals surface area contributed by atoms with Gasteiger partial charge in [0.1, 0.15) is 0 Å². The Kier molecular flexibility index (Phi) is 3.25. The van der Waals surface area contributed by atoms with E-state index in [0.29, 0.717) is 0 Å². The highest BCUT2D eigenvalue weighted by Crippen LogP contribution is 2.26. The second-order valence-corrected chi connectivity index (χ2v) is 2.03. The van der Waals surface area contributed by atoms with Crippen molar-refractivity contribution in [2.45, 2.75) is 5.38 Å². The molecule has 0 bridgehead atoms. The minimum Gasteiger partial charge on any atom is -0.505 e. The van der Waals surface area contributed by atoms with E-state index in [4.69, 9.17) is 5.11 Å². The Hall–Kier alpha value is -0.840. The van der Waals surface area contributed by atoms with Crippen molar-refractivity contribution in [1.82, 2.24) is 0 Å². The minimum absolute atomic E-state index is 0.201. The molecule has 0 amide bonds. The number of carbonyl (C=O) groups is 1. The lowest BCUT2D eigenvalue weighted by Gasteiger charge is -2.04. The van der Waals surface area contributed by atoms with E-state index in [1.807, 2.05) is 0 Å². The van der Waals surface area contributed by atoms with E-state index in [1.165, 1.54) is 0 Å². The molecule has 0 atom stereocenters. The third-order valence-corrected chi connectivity index (χ3v) is 0.940. The van der Waals surface area contributed by atoms with Gasteiger partial charge in [0.15, 0.2) is 5.76 Å². The molecule has 0 aromatic carbocycles. The van der Waals surface area contributed by atoms with Gasteiger partial charge < -0.3 is 9.84 Å². The predicted octanol–water partition coefficient (Wildman–Crippen LogP) is 1.43. The van der Waals surface area contributed by atoms with Gasteiger partial charge in [-0.1, -0.05) is 0 Å². The lowest BCUT2D eigenvalue weighted by molar-refractivity contribution is -0.135. The van der Waals surface area contributed by atoms with Gasteiger partial charge >= 0.3 is 11.4 Å². The standard InChI is InChI=1S/C5H5ClF2O3/c1-11-4(10)2-3(9)5(6,7)8/h2,9H,1H3/b3-2-. The Balaban J connectivity index is 4.35. The zero-order valence-electron chi connectivity index (χ0n) is 5.47. The number of methoxy groups -OCH3 is 1. The van der Waals surface area contributed by atoms with Crippen LogP contribution in [0.2, 0.25) is 0 Å². The first-order valence-corrected chi connectivity index (χ1v) is 2.81. The van der Waals surface area contributed by atoms with Crippen LogP contribution >= 0.6 is 11.6 Å². The second-order valence-electron chi connectivity index (χ2n) is 1.55. The molecule has 0 spiro atoms. The maximum absolute atomic E-state index is 11.9. The van der Waals surface area contributed by atoms with Crippen LogP contribution < -0.4 is 0 Å². The first kappa shape index (κ1) is 10.2. The van der Waals surface area contributed by atoms with E-state index < -0.39 is 17.1 Å². The van der Waals surface area contributed by atoms with Crippen molar-refractivity contribution in [2.75, 3.05) is 7.11 Å². The predicted molar refractivity (Wildman–Crippen MR) is 33.5 cm³/mol. The number of halogens is 3. The highest BCUT2D eigenvalue weighted by atomic mass is 35.5. The van der Waals surface area contributed by atoms with Crippen LogP contribution in [-0.4, -0.2) is 23.6 Å². The Labute approximate surface area is 66.2 Å². The molecule has 0 aromatic rings. The van der Waals surface area contributed by atoms with E-state index in [9.17, 15) is 13.6 Å². The summed E-state index contributed by atoms with van der Waals surface area (Å²) in [5.74, 6) is -2.63. The number of hydrogen-bond acceptors (Lipinski definition) is 3. The summed E-state index contributed by atoms with van der Waals surface area (Å²) in [5, 5.41) is 4.44. The molecule has 11 heavy (non-hydrogen) atoms. The van der Waals surface area contributed by atoms with Gasteiger partial charge in [-0.2, -0.15) is 8.78 Å². The first-order chi connectivity index (χ1) is 4.88. The second kappa shape index (κ2) is 3.52. The van der Waals surface area contributed by atoms with Gasteiger partial charge in [0.25, 0.3) is 0 Å². The van der Waals surface area contributed by atoms with E-state index in [-0.39, 0.29) is 6.08 Å². The van der Waals surface area contributed by atoms with Crippen molar-refractivity contribution in [3.05, 3.63) is 11.8 Å². The molecule has 0 aliphatic carbocycles. The molecule has 0 aromatic heterocycles. The number of esters is 1. The summed E-state index contributed by atoms with van der Waals surface area (Å²) >= 11 is 4.33. The quantitative estimate of drug-likeness (QED) is 0.307. The zero-order valence-corrected chi connectivity index (χ0v) is 6.23. The van der Waals surface area contributed by atoms with Crippen LogP contribution in [0.5, 0.6) is 0 Å². The van der Waals surface area contributed by atoms with Gasteiger partial charge in [-0.25, -0.2) is 4.79 Å². The number of aliphatic hydroxyl groups excluding tert-OH is 1. The van der Waals surface area contributed by atoms with E-state index in [1.54, 1.807) is 0 Å². The van der Waals surface area contributed by atoms with Crippen molar-refractivity contribution in [3.8, 4) is 0 Å². The van der Waals surface area contributed by atoms with Crippen LogP contribution in [0.15, 0.2) is 11.8 Å². The lowest BCUT2D eigenvalue weighted by Crippen LogP contribution is -2.12. The van der Waals surface area contributed by atoms with Crippen molar-refractivity contribution in [2.24, 2.45) is 0 Å². The Morgan fingerprint density at radius 3 is 2.45 bits per heavy atom. The monoisotopic (exact) mass is 186 g/mol. The molecule has 0 fully saturated rings. The Bertz CT molecular complexity index is 185. The maximum Gasteiger partial charge on any atom is 0.379 e. The van der Waals surface area contributed by atoms with Crippen molar-refractivity contribution in [1.29, 1.82) is 0 Å². The molecule has 0 saturated carbocycles. The molecule has 0 unspecified atom stereocenters. The smallest absolute Gasteiger partial charge is 0.379 e. The van der Waals surface area contributed by atoms with Gasteiger partial charge in [0.05, 0.1) is 13.2 Å². The summed E-state index contributed by atoms with van der Waals surface area (Å²) in [5.41, 5.74) is 0. The number of aliphatic hydroxyl groups is 1. The Morgan fingerprint density at radius 1 is 1.73 bits per heavy atom. The number of rotatable bonds is 2. The first-order valence-electron chi connectivity index (χ1n) is 2.43. The fourth-order valence-corrected chi connectivity index (χ4v) is 0.307.